The van der Waals surface area contributed by atoms with Gasteiger partial charge in [0.25, 0.3) is 5.91 Å². The molecule has 0 spiro atoms. The first-order valence-corrected chi connectivity index (χ1v) is 9.35. The van der Waals surface area contributed by atoms with E-state index in [0.717, 1.165) is 42.5 Å². The number of pyridine rings is 1. The van der Waals surface area contributed by atoms with Crippen molar-refractivity contribution in [3.05, 3.63) is 53.2 Å². The second-order valence-corrected chi connectivity index (χ2v) is 7.09. The lowest BCUT2D eigenvalue weighted by molar-refractivity contribution is 0.0792. The number of hydrogen-bond acceptors (Lipinski definition) is 4. The Morgan fingerprint density at radius 2 is 1.92 bits per heavy atom. The largest absolute Gasteiger partial charge is 0.493 e. The maximum atomic E-state index is 12.2. The lowest BCUT2D eigenvalue weighted by atomic mass is 10.2. The van der Waals surface area contributed by atoms with Gasteiger partial charge in [-0.15, -0.1) is 11.8 Å². The molecule has 0 aliphatic carbocycles. The number of hydrogen-bond donors (Lipinski definition) is 0. The highest BCUT2D eigenvalue weighted by atomic mass is 35.5. The van der Waals surface area contributed by atoms with Gasteiger partial charge in [-0.2, -0.15) is 0 Å². The van der Waals surface area contributed by atoms with E-state index in [1.54, 1.807) is 18.0 Å². The van der Waals surface area contributed by atoms with Crippen LogP contribution in [0.2, 0.25) is 5.02 Å². The van der Waals surface area contributed by atoms with Gasteiger partial charge in [-0.1, -0.05) is 11.6 Å². The quantitative estimate of drug-likeness (QED) is 0.572. The average molecular weight is 363 g/mol. The van der Waals surface area contributed by atoms with Gasteiger partial charge in [0.2, 0.25) is 0 Å². The summed E-state index contributed by atoms with van der Waals surface area (Å²) in [4.78, 5) is 18.5. The summed E-state index contributed by atoms with van der Waals surface area (Å²) >= 11 is 7.44. The van der Waals surface area contributed by atoms with Crippen LogP contribution in [0.3, 0.4) is 0 Å². The molecule has 0 bridgehead atoms. The van der Waals surface area contributed by atoms with Crippen LogP contribution in [-0.2, 0) is 0 Å². The van der Waals surface area contributed by atoms with Crippen molar-refractivity contribution in [3.63, 3.8) is 0 Å². The van der Waals surface area contributed by atoms with Crippen molar-refractivity contribution in [2.75, 3.05) is 25.4 Å². The molecule has 1 aliphatic rings. The molecular weight excluding hydrogens is 344 g/mol. The van der Waals surface area contributed by atoms with E-state index in [1.807, 2.05) is 41.3 Å². The van der Waals surface area contributed by atoms with Crippen molar-refractivity contribution >= 4 is 29.3 Å². The van der Waals surface area contributed by atoms with Gasteiger partial charge in [0.05, 0.1) is 17.2 Å². The minimum Gasteiger partial charge on any atom is -0.493 e. The van der Waals surface area contributed by atoms with Crippen molar-refractivity contribution in [2.24, 2.45) is 0 Å². The minimum atomic E-state index is 0.0858. The molecule has 1 aromatic heterocycles. The number of carbonyl (C=O) groups excluding carboxylic acids is 1. The van der Waals surface area contributed by atoms with Gasteiger partial charge < -0.3 is 9.64 Å². The van der Waals surface area contributed by atoms with Gasteiger partial charge in [-0.3, -0.25) is 4.79 Å². The van der Waals surface area contributed by atoms with Crippen LogP contribution >= 0.6 is 23.4 Å². The molecule has 0 radical (unpaired) electrons. The zero-order valence-corrected chi connectivity index (χ0v) is 14.9. The normalized spacial score (nSPS) is 14.0. The first-order chi connectivity index (χ1) is 11.7. The number of likely N-dealkylation sites (tertiary alicyclic amines) is 1. The molecule has 3 rings (SSSR count). The van der Waals surface area contributed by atoms with E-state index in [1.165, 1.54) is 0 Å². The maximum absolute atomic E-state index is 12.2. The summed E-state index contributed by atoms with van der Waals surface area (Å²) in [6, 6.07) is 11.1. The fraction of sp³-hybridized carbons (Fsp3) is 0.333. The topological polar surface area (TPSA) is 42.4 Å². The molecule has 2 heterocycles. The Morgan fingerprint density at radius 1 is 1.17 bits per heavy atom. The molecule has 1 aromatic carbocycles. The number of ether oxygens (including phenoxy) is 1. The maximum Gasteiger partial charge on any atom is 0.255 e. The Kier molecular flexibility index (Phi) is 5.99. The third kappa shape index (κ3) is 4.65. The zero-order chi connectivity index (χ0) is 16.8. The number of rotatable bonds is 6. The molecule has 0 atom stereocenters. The minimum absolute atomic E-state index is 0.0858. The van der Waals surface area contributed by atoms with Crippen LogP contribution in [0.1, 0.15) is 23.2 Å². The predicted molar refractivity (Wildman–Crippen MR) is 97.0 cm³/mol. The molecule has 1 aliphatic heterocycles. The molecule has 6 heteroatoms. The number of carbonyl (C=O) groups is 1. The molecule has 0 unspecified atom stereocenters. The van der Waals surface area contributed by atoms with Gasteiger partial charge in [-0.25, -0.2) is 4.98 Å². The van der Waals surface area contributed by atoms with E-state index < -0.39 is 0 Å². The predicted octanol–water partition coefficient (Wildman–Crippen LogP) is 4.14. The van der Waals surface area contributed by atoms with Crippen LogP contribution in [0.15, 0.2) is 47.6 Å². The third-order valence-corrected chi connectivity index (χ3v) is 4.95. The molecule has 126 valence electrons. The first-order valence-electron chi connectivity index (χ1n) is 7.99. The summed E-state index contributed by atoms with van der Waals surface area (Å²) in [6.45, 7) is 2.30. The summed E-state index contributed by atoms with van der Waals surface area (Å²) in [5, 5.41) is 1.59. The molecular formula is C18H19ClN2O2S. The van der Waals surface area contributed by atoms with Crippen LogP contribution in [0.25, 0.3) is 0 Å². The number of nitrogens with zero attached hydrogens (tertiary/aromatic N) is 2. The van der Waals surface area contributed by atoms with E-state index in [9.17, 15) is 4.79 Å². The van der Waals surface area contributed by atoms with E-state index in [-0.39, 0.29) is 5.91 Å². The van der Waals surface area contributed by atoms with E-state index >= 15 is 0 Å². The summed E-state index contributed by atoms with van der Waals surface area (Å²) < 4.78 is 5.64. The highest BCUT2D eigenvalue weighted by Crippen LogP contribution is 2.19. The van der Waals surface area contributed by atoms with E-state index in [0.29, 0.717) is 17.2 Å². The summed E-state index contributed by atoms with van der Waals surface area (Å²) in [5.41, 5.74) is 0.665. The van der Waals surface area contributed by atoms with Crippen LogP contribution in [0, 0.1) is 0 Å². The Hall–Kier alpha value is -1.72. The molecule has 4 nitrogen and oxygen atoms in total. The second kappa shape index (κ2) is 8.40. The monoisotopic (exact) mass is 362 g/mol. The number of amides is 1. The molecule has 0 saturated carbocycles. The van der Waals surface area contributed by atoms with Crippen LogP contribution in [-0.4, -0.2) is 41.2 Å². The molecule has 1 saturated heterocycles. The van der Waals surface area contributed by atoms with Crippen LogP contribution in [0.5, 0.6) is 5.75 Å². The summed E-state index contributed by atoms with van der Waals surface area (Å²) in [6.07, 6.45) is 3.87. The fourth-order valence-electron chi connectivity index (χ4n) is 2.53. The zero-order valence-electron chi connectivity index (χ0n) is 13.3. The van der Waals surface area contributed by atoms with Crippen LogP contribution in [0.4, 0.5) is 0 Å². The van der Waals surface area contributed by atoms with Crippen molar-refractivity contribution < 1.29 is 9.53 Å². The molecule has 0 N–H and O–H groups in total. The van der Waals surface area contributed by atoms with Crippen molar-refractivity contribution in [2.45, 2.75) is 17.9 Å². The van der Waals surface area contributed by atoms with Gasteiger partial charge in [0, 0.05) is 30.1 Å². The SMILES string of the molecule is O=C(c1ccc(SCCOc2ccc(Cl)cc2)nc1)N1CCCC1. The first kappa shape index (κ1) is 17.1. The summed E-state index contributed by atoms with van der Waals surface area (Å²) in [5.74, 6) is 1.68. The number of benzene rings is 1. The Bertz CT molecular complexity index is 670. The van der Waals surface area contributed by atoms with Crippen molar-refractivity contribution in [1.82, 2.24) is 9.88 Å². The number of aromatic nitrogens is 1. The Labute approximate surface area is 151 Å². The smallest absolute Gasteiger partial charge is 0.255 e. The fourth-order valence-corrected chi connectivity index (χ4v) is 3.32. The number of thioether (sulfide) groups is 1. The van der Waals surface area contributed by atoms with Gasteiger partial charge >= 0.3 is 0 Å². The lowest BCUT2D eigenvalue weighted by Gasteiger charge is -2.14. The Morgan fingerprint density at radius 3 is 2.58 bits per heavy atom. The van der Waals surface area contributed by atoms with Gasteiger partial charge in [0.1, 0.15) is 5.75 Å². The molecule has 24 heavy (non-hydrogen) atoms. The van der Waals surface area contributed by atoms with Crippen molar-refractivity contribution in [3.8, 4) is 5.75 Å². The summed E-state index contributed by atoms with van der Waals surface area (Å²) in [7, 11) is 0. The van der Waals surface area contributed by atoms with Gasteiger partial charge in [0.15, 0.2) is 0 Å². The van der Waals surface area contributed by atoms with Crippen LogP contribution < -0.4 is 4.74 Å². The van der Waals surface area contributed by atoms with Crippen molar-refractivity contribution in [1.29, 1.82) is 0 Å². The molecule has 1 amide bonds. The molecule has 1 fully saturated rings. The average Bonchev–Trinajstić information content (AvgIpc) is 3.15. The Balaban J connectivity index is 1.44. The van der Waals surface area contributed by atoms with Gasteiger partial charge in [-0.05, 0) is 49.2 Å². The highest BCUT2D eigenvalue weighted by Gasteiger charge is 2.19. The highest BCUT2D eigenvalue weighted by molar-refractivity contribution is 7.99. The van der Waals surface area contributed by atoms with E-state index in [2.05, 4.69) is 4.98 Å². The van der Waals surface area contributed by atoms with E-state index in [4.69, 9.17) is 16.3 Å². The second-order valence-electron chi connectivity index (χ2n) is 5.54. The molecule has 2 aromatic rings. The third-order valence-electron chi connectivity index (χ3n) is 3.79. The standard InChI is InChI=1S/C18H19ClN2O2S/c19-15-4-6-16(7-5-15)23-11-12-24-17-8-3-14(13-20-17)18(22)21-9-1-2-10-21/h3-8,13H,1-2,9-12H2. The lowest BCUT2D eigenvalue weighted by Crippen LogP contribution is -2.27. The number of halogens is 1.